The molecule has 0 saturated heterocycles. The predicted octanol–water partition coefficient (Wildman–Crippen LogP) is 4.98. The second-order valence-corrected chi connectivity index (χ2v) is 9.32. The van der Waals surface area contributed by atoms with Gasteiger partial charge in [0.25, 0.3) is 0 Å². The van der Waals surface area contributed by atoms with Gasteiger partial charge in [-0.2, -0.15) is 18.4 Å². The zero-order valence-corrected chi connectivity index (χ0v) is 18.4. The molecule has 0 unspecified atom stereocenters. The van der Waals surface area contributed by atoms with Gasteiger partial charge in [0.2, 0.25) is 5.91 Å². The molecule has 2 aromatic rings. The van der Waals surface area contributed by atoms with Gasteiger partial charge >= 0.3 is 6.18 Å². The molecule has 3 rings (SSSR count). The van der Waals surface area contributed by atoms with Crippen molar-refractivity contribution in [3.8, 4) is 16.6 Å². The Morgan fingerprint density at radius 3 is 2.32 bits per heavy atom. The van der Waals surface area contributed by atoms with Crippen molar-refractivity contribution in [3.05, 3.63) is 40.9 Å². The average Bonchev–Trinajstić information content (AvgIpc) is 3.36. The van der Waals surface area contributed by atoms with Gasteiger partial charge < -0.3 is 5.73 Å². The summed E-state index contributed by atoms with van der Waals surface area (Å²) < 4.78 is 43.3. The van der Waals surface area contributed by atoms with Crippen molar-refractivity contribution in [2.45, 2.75) is 63.8 Å². The Labute approximate surface area is 183 Å². The van der Waals surface area contributed by atoms with E-state index >= 15 is 0 Å². The standard InChI is InChI=1S/C22H25F3N4OS/c1-13(2)10-17(19(27)30)29(21(12-26)8-9-21)18(22(23,24)25)15-4-6-16(7-5-15)20-28-14(3)11-31-20/h4-7,11,13,17-18H,8-10H2,1-3H3,(H2,27,30)/t17-,18-/m0/s1. The number of benzene rings is 1. The van der Waals surface area contributed by atoms with E-state index in [9.17, 15) is 23.2 Å². The van der Waals surface area contributed by atoms with Crippen LogP contribution in [0.3, 0.4) is 0 Å². The lowest BCUT2D eigenvalue weighted by molar-refractivity contribution is -0.200. The minimum absolute atomic E-state index is 0.0268. The number of amides is 1. The maximum Gasteiger partial charge on any atom is 0.408 e. The van der Waals surface area contributed by atoms with E-state index in [0.717, 1.165) is 15.6 Å². The largest absolute Gasteiger partial charge is 0.408 e. The van der Waals surface area contributed by atoms with Gasteiger partial charge in [-0.15, -0.1) is 11.3 Å². The van der Waals surface area contributed by atoms with Crippen molar-refractivity contribution < 1.29 is 18.0 Å². The number of alkyl halides is 3. The minimum atomic E-state index is -4.70. The predicted molar refractivity (Wildman–Crippen MR) is 113 cm³/mol. The van der Waals surface area contributed by atoms with Crippen molar-refractivity contribution in [2.24, 2.45) is 11.7 Å². The third kappa shape index (κ3) is 4.91. The first-order valence-corrected chi connectivity index (χ1v) is 10.9. The number of halogens is 3. The highest BCUT2D eigenvalue weighted by Gasteiger charge is 2.60. The Bertz CT molecular complexity index is 974. The molecule has 2 N–H and O–H groups in total. The SMILES string of the molecule is Cc1csc(-c2ccc([C@H](N([C@@H](CC(C)C)C(N)=O)C3(C#N)CC3)C(F)(F)F)cc2)n1. The van der Waals surface area contributed by atoms with E-state index in [1.165, 1.54) is 23.5 Å². The number of nitrogens with zero attached hydrogens (tertiary/aromatic N) is 3. The van der Waals surface area contributed by atoms with Gasteiger partial charge in [-0.1, -0.05) is 38.1 Å². The Balaban J connectivity index is 2.08. The van der Waals surface area contributed by atoms with E-state index in [-0.39, 0.29) is 30.7 Å². The Morgan fingerprint density at radius 1 is 1.32 bits per heavy atom. The van der Waals surface area contributed by atoms with Crippen molar-refractivity contribution in [3.63, 3.8) is 0 Å². The molecular weight excluding hydrogens is 425 g/mol. The molecule has 1 heterocycles. The molecule has 1 amide bonds. The molecule has 2 atom stereocenters. The molecule has 31 heavy (non-hydrogen) atoms. The maximum atomic E-state index is 14.4. The summed E-state index contributed by atoms with van der Waals surface area (Å²) in [5.41, 5.74) is 5.74. The Hall–Kier alpha value is -2.44. The molecule has 0 spiro atoms. The lowest BCUT2D eigenvalue weighted by Gasteiger charge is -2.41. The van der Waals surface area contributed by atoms with Crippen LogP contribution in [0.2, 0.25) is 0 Å². The molecule has 0 aliphatic heterocycles. The van der Waals surface area contributed by atoms with E-state index in [0.29, 0.717) is 5.56 Å². The average molecular weight is 451 g/mol. The molecule has 1 fully saturated rings. The topological polar surface area (TPSA) is 83.0 Å². The molecule has 5 nitrogen and oxygen atoms in total. The number of carbonyl (C=O) groups is 1. The van der Waals surface area contributed by atoms with Crippen molar-refractivity contribution in [1.29, 1.82) is 5.26 Å². The molecular formula is C22H25F3N4OS. The molecule has 0 radical (unpaired) electrons. The minimum Gasteiger partial charge on any atom is -0.368 e. The third-order valence-corrected chi connectivity index (χ3v) is 6.47. The van der Waals surface area contributed by atoms with Gasteiger partial charge in [0, 0.05) is 16.6 Å². The quantitative estimate of drug-likeness (QED) is 0.615. The van der Waals surface area contributed by atoms with E-state index in [2.05, 4.69) is 4.98 Å². The van der Waals surface area contributed by atoms with E-state index < -0.39 is 29.7 Å². The highest BCUT2D eigenvalue weighted by Crippen LogP contribution is 2.52. The molecule has 0 bridgehead atoms. The van der Waals surface area contributed by atoms with E-state index in [4.69, 9.17) is 5.73 Å². The number of aryl methyl sites for hydroxylation is 1. The Kier molecular flexibility index (Phi) is 6.44. The van der Waals surface area contributed by atoms with Gasteiger partial charge in [0.1, 0.15) is 16.6 Å². The molecule has 1 aliphatic rings. The van der Waals surface area contributed by atoms with E-state index in [1.54, 1.807) is 12.1 Å². The number of thiazole rings is 1. The first-order chi connectivity index (χ1) is 14.5. The van der Waals surface area contributed by atoms with Gasteiger partial charge in [-0.3, -0.25) is 9.69 Å². The molecule has 1 aromatic carbocycles. The number of primary amides is 1. The zero-order chi connectivity index (χ0) is 23.0. The Morgan fingerprint density at radius 2 is 1.94 bits per heavy atom. The van der Waals surface area contributed by atoms with E-state index in [1.807, 2.05) is 32.2 Å². The maximum absolute atomic E-state index is 14.4. The fraction of sp³-hybridized carbons (Fsp3) is 0.500. The number of hydrogen-bond acceptors (Lipinski definition) is 5. The van der Waals surface area contributed by atoms with Crippen molar-refractivity contribution in [1.82, 2.24) is 9.88 Å². The number of carbonyl (C=O) groups excluding carboxylic acids is 1. The molecule has 9 heteroatoms. The summed E-state index contributed by atoms with van der Waals surface area (Å²) in [5, 5.41) is 12.3. The number of nitriles is 1. The van der Waals surface area contributed by atoms with Crippen molar-refractivity contribution >= 4 is 17.2 Å². The zero-order valence-electron chi connectivity index (χ0n) is 17.6. The lowest BCUT2D eigenvalue weighted by atomic mass is 9.93. The van der Waals surface area contributed by atoms with Crippen molar-refractivity contribution in [2.75, 3.05) is 0 Å². The second-order valence-electron chi connectivity index (χ2n) is 8.46. The number of rotatable bonds is 8. The fourth-order valence-electron chi connectivity index (χ4n) is 3.89. The van der Waals surface area contributed by atoms with Gasteiger partial charge in [0.05, 0.1) is 12.1 Å². The summed E-state index contributed by atoms with van der Waals surface area (Å²) in [5.74, 6) is -0.918. The van der Waals surface area contributed by atoms with Crippen LogP contribution in [0.4, 0.5) is 13.2 Å². The first-order valence-electron chi connectivity index (χ1n) is 10.1. The van der Waals surface area contributed by atoms with Crippen LogP contribution in [0.25, 0.3) is 10.6 Å². The van der Waals surface area contributed by atoms with Crippen LogP contribution in [-0.4, -0.2) is 33.5 Å². The van der Waals surface area contributed by atoms with Crippen LogP contribution in [0, 0.1) is 24.2 Å². The molecule has 1 saturated carbocycles. The summed E-state index contributed by atoms with van der Waals surface area (Å²) in [4.78, 5) is 17.7. The summed E-state index contributed by atoms with van der Waals surface area (Å²) in [7, 11) is 0. The van der Waals surface area contributed by atoms with Gasteiger partial charge in [-0.25, -0.2) is 4.98 Å². The number of aromatic nitrogens is 1. The summed E-state index contributed by atoms with van der Waals surface area (Å²) >= 11 is 1.41. The van der Waals surface area contributed by atoms with Gasteiger partial charge in [-0.05, 0) is 37.7 Å². The highest BCUT2D eigenvalue weighted by atomic mass is 32.1. The van der Waals surface area contributed by atoms with Crippen LogP contribution in [0.15, 0.2) is 29.6 Å². The first kappa shape index (κ1) is 23.2. The number of hydrogen-bond donors (Lipinski definition) is 1. The lowest BCUT2D eigenvalue weighted by Crippen LogP contribution is -2.56. The monoisotopic (exact) mass is 450 g/mol. The van der Waals surface area contributed by atoms with Crippen LogP contribution < -0.4 is 5.73 Å². The van der Waals surface area contributed by atoms with Crippen LogP contribution in [0.5, 0.6) is 0 Å². The highest BCUT2D eigenvalue weighted by molar-refractivity contribution is 7.13. The summed E-state index contributed by atoms with van der Waals surface area (Å²) in [6.07, 6.45) is -4.01. The smallest absolute Gasteiger partial charge is 0.368 e. The molecule has 1 aromatic heterocycles. The molecule has 166 valence electrons. The normalized spacial score (nSPS) is 17.4. The summed E-state index contributed by atoms with van der Waals surface area (Å²) in [6.45, 7) is 5.47. The van der Waals surface area contributed by atoms with Crippen LogP contribution in [-0.2, 0) is 4.79 Å². The summed E-state index contributed by atoms with van der Waals surface area (Å²) in [6, 6.07) is 4.71. The van der Waals surface area contributed by atoms with Gasteiger partial charge in [0.15, 0.2) is 0 Å². The van der Waals surface area contributed by atoms with Crippen LogP contribution >= 0.6 is 11.3 Å². The third-order valence-electron chi connectivity index (χ3n) is 5.47. The molecule has 1 aliphatic carbocycles. The van der Waals surface area contributed by atoms with Crippen LogP contribution in [0.1, 0.15) is 50.4 Å². The second kappa shape index (κ2) is 8.60. The number of nitrogens with two attached hydrogens (primary N) is 1. The fourth-order valence-corrected chi connectivity index (χ4v) is 4.69.